The van der Waals surface area contributed by atoms with Gasteiger partial charge < -0.3 is 15.3 Å². The van der Waals surface area contributed by atoms with Crippen LogP contribution in [0.4, 0.5) is 0 Å². The smallest absolute Gasteiger partial charge is 0.328 e. The maximum Gasteiger partial charge on any atom is 0.328 e. The molecule has 1 heterocycles. The average Bonchev–Trinajstić information content (AvgIpc) is 2.53. The maximum absolute atomic E-state index is 11.0. The first kappa shape index (κ1) is 8.31. The molecule has 1 aliphatic rings. The van der Waals surface area contributed by atoms with Crippen LogP contribution in [0.2, 0.25) is 0 Å². The minimum Gasteiger partial charge on any atom is -0.480 e. The van der Waals surface area contributed by atoms with Crippen molar-refractivity contribution in [3.8, 4) is 0 Å². The Morgan fingerprint density at radius 3 is 3.15 bits per heavy atom. The van der Waals surface area contributed by atoms with Crippen molar-refractivity contribution in [1.82, 2.24) is 0 Å². The predicted molar refractivity (Wildman–Crippen MR) is 45.1 cm³/mol. The molecule has 0 spiro atoms. The van der Waals surface area contributed by atoms with Crippen LogP contribution in [0, 0.1) is 0 Å². The second-order valence-electron chi connectivity index (χ2n) is 3.39. The van der Waals surface area contributed by atoms with E-state index < -0.39 is 11.5 Å². The van der Waals surface area contributed by atoms with E-state index in [1.807, 2.05) is 0 Å². The van der Waals surface area contributed by atoms with Gasteiger partial charge in [-0.3, -0.25) is 0 Å². The van der Waals surface area contributed by atoms with Gasteiger partial charge in [0.15, 0.2) is 0 Å². The fourth-order valence-corrected chi connectivity index (χ4v) is 1.82. The Balaban J connectivity index is 2.51. The average molecular weight is 181 g/mol. The van der Waals surface area contributed by atoms with Crippen LogP contribution in [0.15, 0.2) is 16.7 Å². The van der Waals surface area contributed by atoms with Crippen LogP contribution in [0.25, 0.3) is 0 Å². The molecule has 4 heteroatoms. The van der Waals surface area contributed by atoms with E-state index in [-0.39, 0.29) is 0 Å². The summed E-state index contributed by atoms with van der Waals surface area (Å²) >= 11 is 0. The number of hydrogen-bond donors (Lipinski definition) is 2. The molecule has 1 aromatic rings. The molecule has 4 nitrogen and oxygen atoms in total. The molecule has 1 atom stereocenters. The first-order valence-corrected chi connectivity index (χ1v) is 4.24. The van der Waals surface area contributed by atoms with Gasteiger partial charge in [0.05, 0.1) is 6.26 Å². The van der Waals surface area contributed by atoms with E-state index in [2.05, 4.69) is 0 Å². The van der Waals surface area contributed by atoms with Crippen LogP contribution < -0.4 is 5.73 Å². The SMILES string of the molecule is NC1(C(=O)O)CCCc2occc21. The summed E-state index contributed by atoms with van der Waals surface area (Å²) in [4.78, 5) is 11.0. The molecule has 0 radical (unpaired) electrons. The summed E-state index contributed by atoms with van der Waals surface area (Å²) in [5.41, 5.74) is 5.19. The standard InChI is InChI=1S/C9H11NO3/c10-9(8(11)12)4-1-2-7-6(9)3-5-13-7/h3,5H,1-2,4,10H2,(H,11,12). The summed E-state index contributed by atoms with van der Waals surface area (Å²) in [5, 5.41) is 9.00. The van der Waals surface area contributed by atoms with Gasteiger partial charge in [-0.05, 0) is 18.9 Å². The molecule has 3 N–H and O–H groups in total. The second-order valence-corrected chi connectivity index (χ2v) is 3.39. The number of carboxylic acids is 1. The Bertz CT molecular complexity index is 344. The molecule has 70 valence electrons. The van der Waals surface area contributed by atoms with Crippen molar-refractivity contribution < 1.29 is 14.3 Å². The van der Waals surface area contributed by atoms with Gasteiger partial charge in [-0.2, -0.15) is 0 Å². The zero-order valence-electron chi connectivity index (χ0n) is 7.12. The number of aryl methyl sites for hydroxylation is 1. The quantitative estimate of drug-likeness (QED) is 0.673. The summed E-state index contributed by atoms with van der Waals surface area (Å²) in [6.45, 7) is 0. The fraction of sp³-hybridized carbons (Fsp3) is 0.444. The highest BCUT2D eigenvalue weighted by Gasteiger charge is 2.41. The fourth-order valence-electron chi connectivity index (χ4n) is 1.82. The topological polar surface area (TPSA) is 76.5 Å². The van der Waals surface area contributed by atoms with Gasteiger partial charge in [0, 0.05) is 12.0 Å². The lowest BCUT2D eigenvalue weighted by Crippen LogP contribution is -2.46. The molecule has 0 saturated heterocycles. The minimum absolute atomic E-state index is 0.481. The zero-order chi connectivity index (χ0) is 9.47. The van der Waals surface area contributed by atoms with E-state index in [0.717, 1.165) is 18.6 Å². The Labute approximate surface area is 75.3 Å². The van der Waals surface area contributed by atoms with Crippen LogP contribution in [0.5, 0.6) is 0 Å². The molecule has 1 aliphatic carbocycles. The van der Waals surface area contributed by atoms with Crippen LogP contribution >= 0.6 is 0 Å². The van der Waals surface area contributed by atoms with E-state index in [4.69, 9.17) is 15.3 Å². The number of fused-ring (bicyclic) bond motifs is 1. The Morgan fingerprint density at radius 2 is 2.46 bits per heavy atom. The Morgan fingerprint density at radius 1 is 1.69 bits per heavy atom. The molecule has 1 aromatic heterocycles. The van der Waals surface area contributed by atoms with Crippen LogP contribution in [0.1, 0.15) is 24.2 Å². The summed E-state index contributed by atoms with van der Waals surface area (Å²) < 4.78 is 5.16. The Hall–Kier alpha value is -1.29. The van der Waals surface area contributed by atoms with Crippen molar-refractivity contribution in [2.24, 2.45) is 5.73 Å². The van der Waals surface area contributed by atoms with Crippen molar-refractivity contribution in [2.75, 3.05) is 0 Å². The van der Waals surface area contributed by atoms with Crippen LogP contribution in [-0.4, -0.2) is 11.1 Å². The lowest BCUT2D eigenvalue weighted by atomic mass is 9.81. The van der Waals surface area contributed by atoms with Crippen molar-refractivity contribution >= 4 is 5.97 Å². The third-order valence-electron chi connectivity index (χ3n) is 2.58. The van der Waals surface area contributed by atoms with Gasteiger partial charge in [-0.25, -0.2) is 4.79 Å². The minimum atomic E-state index is -1.24. The number of nitrogens with two attached hydrogens (primary N) is 1. The molecule has 1 unspecified atom stereocenters. The van der Waals surface area contributed by atoms with Crippen molar-refractivity contribution in [1.29, 1.82) is 0 Å². The van der Waals surface area contributed by atoms with E-state index in [9.17, 15) is 4.79 Å². The molecule has 0 amide bonds. The zero-order valence-corrected chi connectivity index (χ0v) is 7.12. The molecule has 13 heavy (non-hydrogen) atoms. The molecule has 2 rings (SSSR count). The number of carbonyl (C=O) groups is 1. The maximum atomic E-state index is 11.0. The van der Waals surface area contributed by atoms with Gasteiger partial charge >= 0.3 is 5.97 Å². The van der Waals surface area contributed by atoms with Gasteiger partial charge in [-0.15, -0.1) is 0 Å². The number of hydrogen-bond acceptors (Lipinski definition) is 3. The number of rotatable bonds is 1. The first-order valence-electron chi connectivity index (χ1n) is 4.24. The molecular weight excluding hydrogens is 170 g/mol. The van der Waals surface area contributed by atoms with E-state index in [1.165, 1.54) is 6.26 Å². The summed E-state index contributed by atoms with van der Waals surface area (Å²) in [6.07, 6.45) is 3.54. The van der Waals surface area contributed by atoms with Gasteiger partial charge in [0.25, 0.3) is 0 Å². The van der Waals surface area contributed by atoms with E-state index in [0.29, 0.717) is 12.0 Å². The van der Waals surface area contributed by atoms with Crippen molar-refractivity contribution in [3.05, 3.63) is 23.7 Å². The van der Waals surface area contributed by atoms with E-state index >= 15 is 0 Å². The molecule has 0 aliphatic heterocycles. The highest BCUT2D eigenvalue weighted by atomic mass is 16.4. The number of furan rings is 1. The lowest BCUT2D eigenvalue weighted by Gasteiger charge is -2.28. The highest BCUT2D eigenvalue weighted by molar-refractivity contribution is 5.81. The predicted octanol–water partition coefficient (Wildman–Crippen LogP) is 0.854. The summed E-state index contributed by atoms with van der Waals surface area (Å²) in [5.74, 6) is -0.258. The third kappa shape index (κ3) is 1.06. The normalized spacial score (nSPS) is 26.8. The molecular formula is C9H11NO3. The van der Waals surface area contributed by atoms with Crippen molar-refractivity contribution in [2.45, 2.75) is 24.8 Å². The Kier molecular flexibility index (Phi) is 1.66. The summed E-state index contributed by atoms with van der Waals surface area (Å²) in [7, 11) is 0. The monoisotopic (exact) mass is 181 g/mol. The molecule has 0 fully saturated rings. The van der Waals surface area contributed by atoms with Gasteiger partial charge in [0.1, 0.15) is 11.3 Å². The van der Waals surface area contributed by atoms with Crippen molar-refractivity contribution in [3.63, 3.8) is 0 Å². The number of carboxylic acid groups (broad SMARTS) is 1. The van der Waals surface area contributed by atoms with Crippen LogP contribution in [0.3, 0.4) is 0 Å². The highest BCUT2D eigenvalue weighted by Crippen LogP contribution is 2.34. The second kappa shape index (κ2) is 2.60. The number of aliphatic carboxylic acids is 1. The molecule has 0 aromatic carbocycles. The van der Waals surface area contributed by atoms with E-state index in [1.54, 1.807) is 6.07 Å². The van der Waals surface area contributed by atoms with Crippen LogP contribution in [-0.2, 0) is 16.8 Å². The largest absolute Gasteiger partial charge is 0.480 e. The van der Waals surface area contributed by atoms with Gasteiger partial charge in [0.2, 0.25) is 0 Å². The van der Waals surface area contributed by atoms with Gasteiger partial charge in [-0.1, -0.05) is 0 Å². The first-order chi connectivity index (χ1) is 6.14. The third-order valence-corrected chi connectivity index (χ3v) is 2.58. The lowest BCUT2D eigenvalue weighted by molar-refractivity contribution is -0.144. The molecule has 0 bridgehead atoms. The summed E-state index contributed by atoms with van der Waals surface area (Å²) in [6, 6.07) is 1.66. The molecule has 0 saturated carbocycles.